The van der Waals surface area contributed by atoms with E-state index < -0.39 is 42.1 Å². The van der Waals surface area contributed by atoms with Gasteiger partial charge in [-0.3, -0.25) is 0 Å². The molecule has 1 aromatic carbocycles. The molecule has 0 aliphatic carbocycles. The van der Waals surface area contributed by atoms with Crippen LogP contribution in [0.1, 0.15) is 11.1 Å². The first kappa shape index (κ1) is 15.1. The number of hydrogen-bond donors (Lipinski definition) is 1. The molecule has 10 heteroatoms. The second-order valence-corrected chi connectivity index (χ2v) is 5.34. The van der Waals surface area contributed by atoms with E-state index in [0.29, 0.717) is 0 Å². The Morgan fingerprint density at radius 2 is 1.33 bits per heavy atom. The monoisotopic (exact) mass is 342 g/mol. The summed E-state index contributed by atoms with van der Waals surface area (Å²) >= 11 is -3.80. The van der Waals surface area contributed by atoms with Gasteiger partial charge in [-0.1, -0.05) is 0 Å². The molecule has 0 spiro atoms. The van der Waals surface area contributed by atoms with Crippen molar-refractivity contribution in [1.29, 1.82) is 0 Å². The van der Waals surface area contributed by atoms with E-state index in [1.165, 1.54) is 0 Å². The van der Waals surface area contributed by atoms with Gasteiger partial charge in [0.2, 0.25) is 0 Å². The first-order valence-corrected chi connectivity index (χ1v) is 6.34. The second-order valence-electron chi connectivity index (χ2n) is 3.05. The van der Waals surface area contributed by atoms with Gasteiger partial charge in [0.15, 0.2) is 0 Å². The van der Waals surface area contributed by atoms with Crippen molar-refractivity contribution in [3.8, 4) is 0 Å². The van der Waals surface area contributed by atoms with Crippen molar-refractivity contribution in [2.24, 2.45) is 0 Å². The van der Waals surface area contributed by atoms with E-state index in [0.717, 1.165) is 0 Å². The third-order valence-corrected chi connectivity index (χ3v) is 3.41. The minimum absolute atomic E-state index is 0.111. The summed E-state index contributed by atoms with van der Waals surface area (Å²) in [4.78, 5) is 0. The summed E-state index contributed by atoms with van der Waals surface area (Å²) in [5.41, 5.74) is -3.23. The third kappa shape index (κ3) is 3.52. The molecule has 1 aromatic rings. The Kier molecular flexibility index (Phi) is 4.16. The molecule has 0 aliphatic heterocycles. The summed E-state index contributed by atoms with van der Waals surface area (Å²) in [6, 6.07) is 0.367. The maximum atomic E-state index is 12.3. The number of alkyl halides is 6. The average molecular weight is 341 g/mol. The van der Waals surface area contributed by atoms with E-state index >= 15 is 0 Å². The molecule has 1 unspecified atom stereocenters. The zero-order chi connectivity index (χ0) is 14.1. The fraction of sp³-hybridized carbons (Fsp3) is 0.250. The van der Waals surface area contributed by atoms with Crippen molar-refractivity contribution in [2.45, 2.75) is 12.4 Å². The quantitative estimate of drug-likeness (QED) is 0.389. The fourth-order valence-corrected chi connectivity index (χ4v) is 2.18. The summed E-state index contributed by atoms with van der Waals surface area (Å²) in [5, 5.41) is 8.06. The van der Waals surface area contributed by atoms with Crippen LogP contribution >= 0.6 is 0 Å². The van der Waals surface area contributed by atoms with E-state index in [1.807, 2.05) is 0 Å². The molecule has 18 heavy (non-hydrogen) atoms. The molecule has 0 saturated carbocycles. The van der Waals surface area contributed by atoms with Gasteiger partial charge in [0.25, 0.3) is 0 Å². The third-order valence-electron chi connectivity index (χ3n) is 1.82. The van der Waals surface area contributed by atoms with E-state index in [2.05, 4.69) is 3.97 Å². The molecule has 1 atom stereocenters. The predicted octanol–water partition coefficient (Wildman–Crippen LogP) is 2.34. The molecule has 102 valence electrons. The standard InChI is InChI=1S/C8H4F6O3Se/c9-7(10,11)4-1-5(8(12,13)14)3-6(2-4)18(16)17-15/h1-3,15H. The molecule has 0 bridgehead atoms. The molecular formula is C8H4F6O3Se. The Hall–Kier alpha value is -0.961. The van der Waals surface area contributed by atoms with Crippen molar-refractivity contribution in [3.63, 3.8) is 0 Å². The van der Waals surface area contributed by atoms with Crippen LogP contribution in [0.2, 0.25) is 0 Å². The Morgan fingerprint density at radius 3 is 1.61 bits per heavy atom. The van der Waals surface area contributed by atoms with Gasteiger partial charge in [-0.05, 0) is 0 Å². The molecule has 0 radical (unpaired) electrons. The summed E-state index contributed by atoms with van der Waals surface area (Å²) in [5.74, 6) is 0. The number of rotatable bonds is 2. The molecule has 0 aliphatic rings. The van der Waals surface area contributed by atoms with E-state index in [9.17, 15) is 30.2 Å². The van der Waals surface area contributed by atoms with Gasteiger partial charge in [-0.15, -0.1) is 0 Å². The van der Waals surface area contributed by atoms with Crippen LogP contribution in [-0.4, -0.2) is 19.4 Å². The van der Waals surface area contributed by atoms with Gasteiger partial charge < -0.3 is 0 Å². The van der Waals surface area contributed by atoms with Gasteiger partial charge in [0, 0.05) is 0 Å². The van der Waals surface area contributed by atoms with Crippen LogP contribution in [0, 0.1) is 0 Å². The molecule has 1 N–H and O–H groups in total. The Bertz CT molecular complexity index is 435. The zero-order valence-electron chi connectivity index (χ0n) is 8.17. The maximum absolute atomic E-state index is 12.3. The topological polar surface area (TPSA) is 46.5 Å². The molecule has 0 fully saturated rings. The summed E-state index contributed by atoms with van der Waals surface area (Å²) in [7, 11) is 0. The molecule has 3 nitrogen and oxygen atoms in total. The molecule has 1 rings (SSSR count). The normalized spacial score (nSPS) is 14.6. The molecule has 0 saturated heterocycles. The van der Waals surface area contributed by atoms with Crippen LogP contribution in [0.15, 0.2) is 18.2 Å². The molecule has 0 heterocycles. The van der Waals surface area contributed by atoms with Crippen LogP contribution < -0.4 is 4.46 Å². The molecule has 0 aromatic heterocycles. The zero-order valence-corrected chi connectivity index (χ0v) is 9.88. The fourth-order valence-electron chi connectivity index (χ4n) is 1.07. The van der Waals surface area contributed by atoms with E-state index in [-0.39, 0.29) is 18.2 Å². The average Bonchev–Trinajstić information content (AvgIpc) is 2.25. The minimum atomic E-state index is -5.03. The number of benzene rings is 1. The first-order chi connectivity index (χ1) is 8.05. The first-order valence-electron chi connectivity index (χ1n) is 4.09. The SMILES string of the molecule is O=[Se](OO)c1cc(C(F)(F)F)cc(C(F)(F)F)c1. The summed E-state index contributed by atoms with van der Waals surface area (Å²) < 4.78 is 87.5. The van der Waals surface area contributed by atoms with E-state index in [1.54, 1.807) is 0 Å². The van der Waals surface area contributed by atoms with Crippen LogP contribution in [0.3, 0.4) is 0 Å². The summed E-state index contributed by atoms with van der Waals surface area (Å²) in [6.45, 7) is 0. The van der Waals surface area contributed by atoms with Crippen LogP contribution in [-0.2, 0) is 20.2 Å². The van der Waals surface area contributed by atoms with Crippen molar-refractivity contribution in [1.82, 2.24) is 0 Å². The molecular weight excluding hydrogens is 337 g/mol. The van der Waals surface area contributed by atoms with Crippen molar-refractivity contribution >= 4 is 18.6 Å². The van der Waals surface area contributed by atoms with Crippen LogP contribution in [0.5, 0.6) is 0 Å². The van der Waals surface area contributed by atoms with Gasteiger partial charge in [0.1, 0.15) is 0 Å². The Labute approximate surface area is 100 Å². The van der Waals surface area contributed by atoms with Gasteiger partial charge in [-0.25, -0.2) is 0 Å². The van der Waals surface area contributed by atoms with Gasteiger partial charge in [-0.2, -0.15) is 0 Å². The molecule has 0 amide bonds. The number of halogens is 6. The Balaban J connectivity index is 3.44. The number of hydrogen-bond acceptors (Lipinski definition) is 3. The van der Waals surface area contributed by atoms with E-state index in [4.69, 9.17) is 5.26 Å². The summed E-state index contributed by atoms with van der Waals surface area (Å²) in [6.07, 6.45) is -10.1. The van der Waals surface area contributed by atoms with Crippen molar-refractivity contribution in [3.05, 3.63) is 29.3 Å². The van der Waals surface area contributed by atoms with Gasteiger partial charge >= 0.3 is 99.7 Å². The van der Waals surface area contributed by atoms with Crippen molar-refractivity contribution in [2.75, 3.05) is 0 Å². The van der Waals surface area contributed by atoms with Crippen LogP contribution in [0.4, 0.5) is 26.3 Å². The van der Waals surface area contributed by atoms with Gasteiger partial charge in [0.05, 0.1) is 0 Å². The van der Waals surface area contributed by atoms with Crippen LogP contribution in [0.25, 0.3) is 0 Å². The second kappa shape index (κ2) is 4.96. The van der Waals surface area contributed by atoms with Crippen molar-refractivity contribution < 1.29 is 39.4 Å². The Morgan fingerprint density at radius 1 is 0.944 bits per heavy atom. The predicted molar refractivity (Wildman–Crippen MR) is 46.2 cm³/mol.